The van der Waals surface area contributed by atoms with E-state index in [1.165, 1.54) is 6.92 Å². The van der Waals surface area contributed by atoms with Gasteiger partial charge in [0, 0.05) is 22.7 Å². The van der Waals surface area contributed by atoms with Gasteiger partial charge in [-0.05, 0) is 55.0 Å². The molecule has 0 aliphatic carbocycles. The van der Waals surface area contributed by atoms with Crippen LogP contribution in [0.1, 0.15) is 22.8 Å². The number of amides is 1. The first-order valence-corrected chi connectivity index (χ1v) is 7.27. The second kappa shape index (κ2) is 5.81. The number of Topliss-reactive ketones (excluding diaryl/α,β-unsaturated/α-hetero) is 1. The second-order valence-corrected chi connectivity index (χ2v) is 5.62. The van der Waals surface area contributed by atoms with Gasteiger partial charge in [0.2, 0.25) is 0 Å². The Morgan fingerprint density at radius 1 is 1.18 bits per heavy atom. The minimum absolute atomic E-state index is 0.00988. The van der Waals surface area contributed by atoms with Gasteiger partial charge in [0.05, 0.1) is 0 Å². The number of hydrogen-bond acceptors (Lipinski definition) is 3. The summed E-state index contributed by atoms with van der Waals surface area (Å²) in [4.78, 5) is 23.5. The number of carbonyl (C=O) groups is 2. The highest BCUT2D eigenvalue weighted by Crippen LogP contribution is 2.31. The third-order valence-electron chi connectivity index (χ3n) is 3.55. The molecule has 5 heteroatoms. The lowest BCUT2D eigenvalue weighted by Crippen LogP contribution is -2.31. The third kappa shape index (κ3) is 2.97. The van der Waals surface area contributed by atoms with E-state index in [1.54, 1.807) is 36.4 Å². The van der Waals surface area contributed by atoms with Crippen molar-refractivity contribution in [3.05, 3.63) is 58.6 Å². The number of ether oxygens (including phenoxy) is 1. The van der Waals surface area contributed by atoms with E-state index in [1.807, 2.05) is 6.07 Å². The Kier molecular flexibility index (Phi) is 3.86. The number of carbonyl (C=O) groups excluding carboxylic acids is 2. The fourth-order valence-corrected chi connectivity index (χ4v) is 2.57. The van der Waals surface area contributed by atoms with E-state index >= 15 is 0 Å². The van der Waals surface area contributed by atoms with Gasteiger partial charge in [0.15, 0.2) is 11.9 Å². The zero-order valence-corrected chi connectivity index (χ0v) is 12.7. The topological polar surface area (TPSA) is 55.4 Å². The zero-order valence-electron chi connectivity index (χ0n) is 11.9. The maximum absolute atomic E-state index is 12.3. The molecule has 0 fully saturated rings. The molecule has 1 unspecified atom stereocenters. The van der Waals surface area contributed by atoms with Crippen LogP contribution in [0.25, 0.3) is 0 Å². The molecule has 1 aliphatic rings. The molecule has 1 amide bonds. The van der Waals surface area contributed by atoms with Crippen molar-refractivity contribution in [1.29, 1.82) is 0 Å². The first-order chi connectivity index (χ1) is 10.5. The largest absolute Gasteiger partial charge is 0.480 e. The summed E-state index contributed by atoms with van der Waals surface area (Å²) in [5.74, 6) is 0.462. The van der Waals surface area contributed by atoms with Crippen LogP contribution >= 0.6 is 11.6 Å². The van der Waals surface area contributed by atoms with Crippen molar-refractivity contribution in [2.45, 2.75) is 19.4 Å². The molecule has 0 spiro atoms. The normalized spacial score (nSPS) is 15.8. The van der Waals surface area contributed by atoms with Crippen molar-refractivity contribution in [2.24, 2.45) is 0 Å². The Balaban J connectivity index is 1.67. The Labute approximate surface area is 133 Å². The zero-order chi connectivity index (χ0) is 15.7. The highest BCUT2D eigenvalue weighted by molar-refractivity contribution is 6.30. The van der Waals surface area contributed by atoms with Gasteiger partial charge < -0.3 is 10.1 Å². The number of halogens is 1. The van der Waals surface area contributed by atoms with Crippen LogP contribution in [0.2, 0.25) is 5.02 Å². The summed E-state index contributed by atoms with van der Waals surface area (Å²) in [7, 11) is 0. The number of nitrogens with one attached hydrogen (secondary N) is 1. The van der Waals surface area contributed by atoms with E-state index in [2.05, 4.69) is 5.32 Å². The molecular formula is C17H14ClNO3. The van der Waals surface area contributed by atoms with E-state index in [4.69, 9.17) is 16.3 Å². The molecule has 1 N–H and O–H groups in total. The summed E-state index contributed by atoms with van der Waals surface area (Å²) in [6, 6.07) is 12.1. The van der Waals surface area contributed by atoms with Crippen LogP contribution in [-0.4, -0.2) is 17.8 Å². The SMILES string of the molecule is CC(=O)c1ccc(NC(=O)C2Cc3cc(Cl)ccc3O2)cc1. The maximum atomic E-state index is 12.3. The molecule has 2 aromatic rings. The molecule has 1 aliphatic heterocycles. The van der Waals surface area contributed by atoms with Crippen LogP contribution in [0.15, 0.2) is 42.5 Å². The van der Waals surface area contributed by atoms with Gasteiger partial charge in [-0.1, -0.05) is 11.6 Å². The fourth-order valence-electron chi connectivity index (χ4n) is 2.37. The molecule has 22 heavy (non-hydrogen) atoms. The first kappa shape index (κ1) is 14.6. The molecule has 0 saturated carbocycles. The van der Waals surface area contributed by atoms with Crippen molar-refractivity contribution < 1.29 is 14.3 Å². The van der Waals surface area contributed by atoms with Crippen molar-refractivity contribution >= 4 is 29.0 Å². The number of ketones is 1. The molecule has 0 bridgehead atoms. The summed E-state index contributed by atoms with van der Waals surface area (Å²) in [5.41, 5.74) is 2.17. The highest BCUT2D eigenvalue weighted by Gasteiger charge is 2.29. The average Bonchev–Trinajstić information content (AvgIpc) is 2.91. The molecule has 112 valence electrons. The lowest BCUT2D eigenvalue weighted by atomic mass is 10.1. The lowest BCUT2D eigenvalue weighted by molar-refractivity contribution is -0.122. The van der Waals surface area contributed by atoms with Crippen LogP contribution in [0.5, 0.6) is 5.75 Å². The Hall–Kier alpha value is -2.33. The monoisotopic (exact) mass is 315 g/mol. The predicted octanol–water partition coefficient (Wildman–Crippen LogP) is 3.48. The summed E-state index contributed by atoms with van der Waals surface area (Å²) in [6.07, 6.45) is -0.0753. The summed E-state index contributed by atoms with van der Waals surface area (Å²) in [6.45, 7) is 1.50. The smallest absolute Gasteiger partial charge is 0.265 e. The number of fused-ring (bicyclic) bond motifs is 1. The second-order valence-electron chi connectivity index (χ2n) is 5.19. The first-order valence-electron chi connectivity index (χ1n) is 6.90. The van der Waals surface area contributed by atoms with E-state index in [0.29, 0.717) is 28.4 Å². The van der Waals surface area contributed by atoms with Crippen LogP contribution in [0, 0.1) is 0 Å². The van der Waals surface area contributed by atoms with E-state index in [0.717, 1.165) is 5.56 Å². The van der Waals surface area contributed by atoms with E-state index in [-0.39, 0.29) is 11.7 Å². The number of anilines is 1. The summed E-state index contributed by atoms with van der Waals surface area (Å²) < 4.78 is 5.63. The molecule has 0 saturated heterocycles. The molecule has 0 radical (unpaired) electrons. The van der Waals surface area contributed by atoms with Crippen molar-refractivity contribution in [1.82, 2.24) is 0 Å². The fraction of sp³-hybridized carbons (Fsp3) is 0.176. The summed E-state index contributed by atoms with van der Waals surface area (Å²) in [5, 5.41) is 3.42. The average molecular weight is 316 g/mol. The number of benzene rings is 2. The minimum Gasteiger partial charge on any atom is -0.480 e. The van der Waals surface area contributed by atoms with Crippen molar-refractivity contribution in [3.63, 3.8) is 0 Å². The molecule has 1 atom stereocenters. The van der Waals surface area contributed by atoms with Gasteiger partial charge in [-0.15, -0.1) is 0 Å². The van der Waals surface area contributed by atoms with Crippen LogP contribution in [-0.2, 0) is 11.2 Å². The van der Waals surface area contributed by atoms with Crippen molar-refractivity contribution in [2.75, 3.05) is 5.32 Å². The van der Waals surface area contributed by atoms with Gasteiger partial charge in [-0.2, -0.15) is 0 Å². The number of rotatable bonds is 3. The molecular weight excluding hydrogens is 302 g/mol. The Bertz CT molecular complexity index is 740. The quantitative estimate of drug-likeness (QED) is 0.882. The van der Waals surface area contributed by atoms with Gasteiger partial charge in [0.25, 0.3) is 5.91 Å². The molecule has 1 heterocycles. The van der Waals surface area contributed by atoms with E-state index in [9.17, 15) is 9.59 Å². The summed E-state index contributed by atoms with van der Waals surface area (Å²) >= 11 is 5.94. The molecule has 2 aromatic carbocycles. The Morgan fingerprint density at radius 3 is 2.59 bits per heavy atom. The number of hydrogen-bond donors (Lipinski definition) is 1. The van der Waals surface area contributed by atoms with Gasteiger partial charge >= 0.3 is 0 Å². The lowest BCUT2D eigenvalue weighted by Gasteiger charge is -2.11. The van der Waals surface area contributed by atoms with Gasteiger partial charge in [-0.3, -0.25) is 9.59 Å². The van der Waals surface area contributed by atoms with Crippen LogP contribution < -0.4 is 10.1 Å². The molecule has 4 nitrogen and oxygen atoms in total. The van der Waals surface area contributed by atoms with Gasteiger partial charge in [-0.25, -0.2) is 0 Å². The predicted molar refractivity (Wildman–Crippen MR) is 84.6 cm³/mol. The van der Waals surface area contributed by atoms with Gasteiger partial charge in [0.1, 0.15) is 5.75 Å². The van der Waals surface area contributed by atoms with Crippen LogP contribution in [0.3, 0.4) is 0 Å². The Morgan fingerprint density at radius 2 is 1.91 bits per heavy atom. The maximum Gasteiger partial charge on any atom is 0.265 e. The minimum atomic E-state index is -0.569. The molecule has 3 rings (SSSR count). The third-order valence-corrected chi connectivity index (χ3v) is 3.78. The standard InChI is InChI=1S/C17H14ClNO3/c1-10(20)11-2-5-14(6-3-11)19-17(21)16-9-12-8-13(18)4-7-15(12)22-16/h2-8,16H,9H2,1H3,(H,19,21). The van der Waals surface area contributed by atoms with E-state index < -0.39 is 6.10 Å². The van der Waals surface area contributed by atoms with Crippen LogP contribution in [0.4, 0.5) is 5.69 Å². The molecule has 0 aromatic heterocycles. The highest BCUT2D eigenvalue weighted by atomic mass is 35.5. The van der Waals surface area contributed by atoms with Crippen molar-refractivity contribution in [3.8, 4) is 5.75 Å².